The normalized spacial score (nSPS) is 22.2. The SMILES string of the molecule is C[C@@H](CO)NC1CCCSc2ccccc21. The first-order valence-corrected chi connectivity index (χ1v) is 6.88. The van der Waals surface area contributed by atoms with Crippen molar-refractivity contribution < 1.29 is 5.11 Å². The molecule has 1 aliphatic rings. The lowest BCUT2D eigenvalue weighted by Crippen LogP contribution is -2.33. The topological polar surface area (TPSA) is 32.3 Å². The minimum atomic E-state index is 0.168. The van der Waals surface area contributed by atoms with E-state index in [9.17, 15) is 0 Å². The molecule has 0 saturated carbocycles. The largest absolute Gasteiger partial charge is 0.395 e. The standard InChI is InChI=1S/C13H19NOS/c1-10(9-15)14-12-6-4-8-16-13-7-3-2-5-11(12)13/h2-3,5,7,10,12,14-15H,4,6,8-9H2,1H3/t10-,12?/m0/s1. The van der Waals surface area contributed by atoms with Crippen LogP contribution in [0.4, 0.5) is 0 Å². The van der Waals surface area contributed by atoms with Crippen molar-refractivity contribution in [3.8, 4) is 0 Å². The van der Waals surface area contributed by atoms with Crippen molar-refractivity contribution in [3.05, 3.63) is 29.8 Å². The van der Waals surface area contributed by atoms with Gasteiger partial charge in [-0.25, -0.2) is 0 Å². The van der Waals surface area contributed by atoms with E-state index in [0.717, 1.165) is 6.42 Å². The van der Waals surface area contributed by atoms with Gasteiger partial charge in [-0.3, -0.25) is 0 Å². The summed E-state index contributed by atoms with van der Waals surface area (Å²) in [6, 6.07) is 9.17. The molecule has 0 aromatic heterocycles. The molecule has 0 saturated heterocycles. The molecular weight excluding hydrogens is 218 g/mol. The van der Waals surface area contributed by atoms with Crippen LogP contribution in [-0.2, 0) is 0 Å². The Balaban J connectivity index is 2.19. The van der Waals surface area contributed by atoms with Crippen molar-refractivity contribution in [3.63, 3.8) is 0 Å². The van der Waals surface area contributed by atoms with E-state index in [-0.39, 0.29) is 12.6 Å². The molecule has 16 heavy (non-hydrogen) atoms. The third kappa shape index (κ3) is 2.78. The molecule has 1 heterocycles. The fourth-order valence-corrected chi connectivity index (χ4v) is 3.18. The first-order chi connectivity index (χ1) is 7.81. The number of hydrogen-bond acceptors (Lipinski definition) is 3. The minimum Gasteiger partial charge on any atom is -0.395 e. The molecule has 2 N–H and O–H groups in total. The second-order valence-electron chi connectivity index (χ2n) is 4.33. The summed E-state index contributed by atoms with van der Waals surface area (Å²) in [6.45, 7) is 2.23. The molecule has 2 rings (SSSR count). The Bertz CT molecular complexity index is 342. The predicted molar refractivity (Wildman–Crippen MR) is 68.8 cm³/mol. The lowest BCUT2D eigenvalue weighted by molar-refractivity contribution is 0.238. The van der Waals surface area contributed by atoms with Crippen LogP contribution in [0.5, 0.6) is 0 Å². The summed E-state index contributed by atoms with van der Waals surface area (Å²) in [4.78, 5) is 1.39. The first-order valence-electron chi connectivity index (χ1n) is 5.90. The molecule has 3 heteroatoms. The van der Waals surface area contributed by atoms with Crippen molar-refractivity contribution >= 4 is 11.8 Å². The summed E-state index contributed by atoms with van der Waals surface area (Å²) >= 11 is 1.95. The van der Waals surface area contributed by atoms with Crippen molar-refractivity contribution in [2.75, 3.05) is 12.4 Å². The van der Waals surface area contributed by atoms with Crippen LogP contribution in [0.25, 0.3) is 0 Å². The van der Waals surface area contributed by atoms with Gasteiger partial charge in [-0.2, -0.15) is 0 Å². The molecule has 1 unspecified atom stereocenters. The third-order valence-electron chi connectivity index (χ3n) is 2.95. The maximum absolute atomic E-state index is 9.12. The lowest BCUT2D eigenvalue weighted by atomic mass is 10.0. The minimum absolute atomic E-state index is 0.168. The van der Waals surface area contributed by atoms with Gasteiger partial charge < -0.3 is 10.4 Å². The second kappa shape index (κ2) is 5.71. The number of hydrogen-bond donors (Lipinski definition) is 2. The number of rotatable bonds is 3. The summed E-state index contributed by atoms with van der Waals surface area (Å²) in [5, 5.41) is 12.6. The monoisotopic (exact) mass is 237 g/mol. The Kier molecular flexibility index (Phi) is 4.27. The van der Waals surface area contributed by atoms with Crippen LogP contribution in [-0.4, -0.2) is 23.5 Å². The molecule has 88 valence electrons. The molecule has 0 fully saturated rings. The Morgan fingerprint density at radius 2 is 2.31 bits per heavy atom. The fourth-order valence-electron chi connectivity index (χ4n) is 2.09. The van der Waals surface area contributed by atoms with Crippen LogP contribution >= 0.6 is 11.8 Å². The van der Waals surface area contributed by atoms with Crippen molar-refractivity contribution in [2.45, 2.75) is 36.7 Å². The molecule has 0 bridgehead atoms. The number of benzene rings is 1. The van der Waals surface area contributed by atoms with Crippen molar-refractivity contribution in [1.82, 2.24) is 5.32 Å². The summed E-state index contributed by atoms with van der Waals surface area (Å²) in [5.74, 6) is 1.20. The summed E-state index contributed by atoms with van der Waals surface area (Å²) in [5.41, 5.74) is 1.39. The molecular formula is C13H19NOS. The average Bonchev–Trinajstić information content (AvgIpc) is 2.52. The van der Waals surface area contributed by atoms with E-state index in [0.29, 0.717) is 6.04 Å². The smallest absolute Gasteiger partial charge is 0.0582 e. The zero-order valence-electron chi connectivity index (χ0n) is 9.65. The number of fused-ring (bicyclic) bond motifs is 1. The van der Waals surface area contributed by atoms with Gasteiger partial charge in [0.1, 0.15) is 0 Å². The molecule has 0 aliphatic carbocycles. The quantitative estimate of drug-likeness (QED) is 0.847. The van der Waals surface area contributed by atoms with Gasteiger partial charge in [0.25, 0.3) is 0 Å². The van der Waals surface area contributed by atoms with E-state index in [1.807, 2.05) is 18.7 Å². The van der Waals surface area contributed by atoms with Gasteiger partial charge >= 0.3 is 0 Å². The Hall–Kier alpha value is -0.510. The molecule has 1 aliphatic heterocycles. The third-order valence-corrected chi connectivity index (χ3v) is 4.12. The van der Waals surface area contributed by atoms with Crippen LogP contribution in [0.15, 0.2) is 29.2 Å². The van der Waals surface area contributed by atoms with E-state index in [4.69, 9.17) is 5.11 Å². The fraction of sp³-hybridized carbons (Fsp3) is 0.538. The van der Waals surface area contributed by atoms with Crippen molar-refractivity contribution in [2.24, 2.45) is 0 Å². The number of nitrogens with one attached hydrogen (secondary N) is 1. The Morgan fingerprint density at radius 1 is 1.50 bits per heavy atom. The van der Waals surface area contributed by atoms with Crippen LogP contribution in [0.2, 0.25) is 0 Å². The van der Waals surface area contributed by atoms with E-state index < -0.39 is 0 Å². The molecule has 0 amide bonds. The highest BCUT2D eigenvalue weighted by molar-refractivity contribution is 7.99. The first kappa shape index (κ1) is 12.0. The molecule has 2 nitrogen and oxygen atoms in total. The Labute approximate surface area is 101 Å². The van der Waals surface area contributed by atoms with E-state index >= 15 is 0 Å². The van der Waals surface area contributed by atoms with Crippen LogP contribution in [0.3, 0.4) is 0 Å². The number of thioether (sulfide) groups is 1. The van der Waals surface area contributed by atoms with Crippen LogP contribution in [0.1, 0.15) is 31.4 Å². The highest BCUT2D eigenvalue weighted by Crippen LogP contribution is 2.34. The van der Waals surface area contributed by atoms with Gasteiger partial charge in [-0.05, 0) is 37.1 Å². The average molecular weight is 237 g/mol. The number of aliphatic hydroxyl groups excluding tert-OH is 1. The summed E-state index contributed by atoms with van der Waals surface area (Å²) < 4.78 is 0. The van der Waals surface area contributed by atoms with Gasteiger partial charge in [0.15, 0.2) is 0 Å². The van der Waals surface area contributed by atoms with Crippen LogP contribution in [0, 0.1) is 0 Å². The molecule has 1 aromatic carbocycles. The lowest BCUT2D eigenvalue weighted by Gasteiger charge is -2.22. The van der Waals surface area contributed by atoms with Gasteiger partial charge in [-0.15, -0.1) is 11.8 Å². The van der Waals surface area contributed by atoms with Gasteiger partial charge in [-0.1, -0.05) is 18.2 Å². The highest BCUT2D eigenvalue weighted by atomic mass is 32.2. The zero-order chi connectivity index (χ0) is 11.4. The second-order valence-corrected chi connectivity index (χ2v) is 5.47. The maximum atomic E-state index is 9.12. The predicted octanol–water partition coefficient (Wildman–Crippen LogP) is 2.58. The van der Waals surface area contributed by atoms with Gasteiger partial charge in [0.2, 0.25) is 0 Å². The maximum Gasteiger partial charge on any atom is 0.0582 e. The Morgan fingerprint density at radius 3 is 3.12 bits per heavy atom. The summed E-state index contributed by atoms with van der Waals surface area (Å²) in [6.07, 6.45) is 2.39. The summed E-state index contributed by atoms with van der Waals surface area (Å²) in [7, 11) is 0. The molecule has 0 radical (unpaired) electrons. The van der Waals surface area contributed by atoms with Crippen molar-refractivity contribution in [1.29, 1.82) is 0 Å². The van der Waals surface area contributed by atoms with E-state index in [2.05, 4.69) is 29.6 Å². The van der Waals surface area contributed by atoms with Crippen LogP contribution < -0.4 is 5.32 Å². The molecule has 1 aromatic rings. The molecule has 2 atom stereocenters. The highest BCUT2D eigenvalue weighted by Gasteiger charge is 2.19. The van der Waals surface area contributed by atoms with E-state index in [1.165, 1.54) is 22.6 Å². The molecule has 0 spiro atoms. The van der Waals surface area contributed by atoms with E-state index in [1.54, 1.807) is 0 Å². The number of aliphatic hydroxyl groups is 1. The van der Waals surface area contributed by atoms with Gasteiger partial charge in [0, 0.05) is 17.0 Å². The van der Waals surface area contributed by atoms with Gasteiger partial charge in [0.05, 0.1) is 6.61 Å². The zero-order valence-corrected chi connectivity index (χ0v) is 10.5.